The van der Waals surface area contributed by atoms with Crippen molar-refractivity contribution in [1.82, 2.24) is 18.3 Å². The van der Waals surface area contributed by atoms with Gasteiger partial charge in [0.2, 0.25) is 0 Å². The van der Waals surface area contributed by atoms with Gasteiger partial charge >= 0.3 is 6.18 Å². The van der Waals surface area contributed by atoms with Gasteiger partial charge in [-0.05, 0) is 90.5 Å². The molecule has 0 saturated carbocycles. The number of benzene rings is 10. The number of fused-ring (bicyclic) bond motifs is 14. The summed E-state index contributed by atoms with van der Waals surface area (Å²) in [6.45, 7) is 0. The molecule has 70 heavy (non-hydrogen) atoms. The van der Waals surface area contributed by atoms with Gasteiger partial charge in [0.25, 0.3) is 0 Å². The highest BCUT2D eigenvalue weighted by Gasteiger charge is 2.37. The van der Waals surface area contributed by atoms with Crippen molar-refractivity contribution in [3.63, 3.8) is 0 Å². The lowest BCUT2D eigenvalue weighted by molar-refractivity contribution is -0.137. The summed E-state index contributed by atoms with van der Waals surface area (Å²) in [6.07, 6.45) is -4.92. The maximum atomic E-state index is 16.6. The van der Waals surface area contributed by atoms with E-state index in [4.69, 9.17) is 0 Å². The Kier molecular flexibility index (Phi) is 8.47. The van der Waals surface area contributed by atoms with Crippen LogP contribution in [0.2, 0.25) is 0 Å². The molecule has 0 N–H and O–H groups in total. The molecule has 0 atom stereocenters. The van der Waals surface area contributed by atoms with Crippen LogP contribution >= 0.6 is 0 Å². The highest BCUT2D eigenvalue weighted by Crippen LogP contribution is 2.49. The lowest BCUT2D eigenvalue weighted by Crippen LogP contribution is -2.13. The predicted octanol–water partition coefficient (Wildman–Crippen LogP) is 17.0. The molecule has 0 fully saturated rings. The summed E-state index contributed by atoms with van der Waals surface area (Å²) in [7, 11) is 0. The first-order valence-corrected chi connectivity index (χ1v) is 23.0. The number of aromatic nitrogens is 4. The van der Waals surface area contributed by atoms with Crippen LogP contribution in [0, 0.1) is 11.6 Å². The number of rotatable bonds is 5. The van der Waals surface area contributed by atoms with Crippen molar-refractivity contribution in [3.8, 4) is 33.9 Å². The average molecular weight is 919 g/mol. The van der Waals surface area contributed by atoms with Crippen molar-refractivity contribution < 1.29 is 22.0 Å². The van der Waals surface area contributed by atoms with Gasteiger partial charge in [-0.25, -0.2) is 8.78 Å². The molecule has 4 heterocycles. The smallest absolute Gasteiger partial charge is 0.309 e. The Balaban J connectivity index is 1.18. The second-order valence-corrected chi connectivity index (χ2v) is 17.8. The largest absolute Gasteiger partial charge is 0.418 e. The first-order chi connectivity index (χ1) is 34.2. The normalized spacial score (nSPS) is 12.4. The van der Waals surface area contributed by atoms with Crippen molar-refractivity contribution in [2.45, 2.75) is 6.18 Å². The number of halogens is 5. The third kappa shape index (κ3) is 5.69. The van der Waals surface area contributed by atoms with Gasteiger partial charge in [0.05, 0.1) is 61.1 Å². The van der Waals surface area contributed by atoms with Crippen molar-refractivity contribution in [2.75, 3.05) is 0 Å². The van der Waals surface area contributed by atoms with E-state index < -0.39 is 23.4 Å². The molecule has 9 heteroatoms. The first kappa shape index (κ1) is 40.1. The SMILES string of the molecule is Fc1cc(F)cc(-c2cc(-n3c4ccccc4c4ccc5c(c6ccccc6n5-c5ccccc5)c43)c(C(F)(F)F)cc2-n2c3ccccc3c3ccc4c(c5ccccc5n4-c4ccccc4)c32)c1. The van der Waals surface area contributed by atoms with E-state index in [0.717, 1.165) is 82.6 Å². The average Bonchev–Trinajstić information content (AvgIpc) is 4.11. The fourth-order valence-electron chi connectivity index (χ4n) is 11.3. The zero-order valence-corrected chi connectivity index (χ0v) is 36.9. The zero-order valence-electron chi connectivity index (χ0n) is 36.9. The molecule has 14 rings (SSSR count). The standard InChI is InChI=1S/C61H35F5N4/c62-37-31-36(32-38(63)33-37)47-34-56(70-50-24-12-8-20-42(50)44-28-30-54-58(60(44)70)46-22-10-14-26-52(46)68(54)40-17-5-2-6-18-40)48(61(64,65)66)35-55(47)69-49-23-11-7-19-41(49)43-27-29-53-57(59(43)69)45-21-9-13-25-51(45)67(53)39-15-3-1-4-16-39/h1-35H. The van der Waals surface area contributed by atoms with Gasteiger partial charge in [-0.3, -0.25) is 0 Å². The van der Waals surface area contributed by atoms with Crippen LogP contribution in [0.4, 0.5) is 22.0 Å². The molecule has 0 amide bonds. The van der Waals surface area contributed by atoms with E-state index in [1.165, 1.54) is 24.3 Å². The number of hydrogen-bond acceptors (Lipinski definition) is 0. The molecule has 0 aliphatic carbocycles. The van der Waals surface area contributed by atoms with Crippen molar-refractivity contribution in [3.05, 3.63) is 230 Å². The minimum Gasteiger partial charge on any atom is -0.309 e. The number of alkyl halides is 3. The van der Waals surface area contributed by atoms with E-state index in [2.05, 4.69) is 15.2 Å². The van der Waals surface area contributed by atoms with Crippen LogP contribution in [0.3, 0.4) is 0 Å². The lowest BCUT2D eigenvalue weighted by Gasteiger charge is -2.22. The number of nitrogens with zero attached hydrogens (tertiary/aromatic N) is 4. The Morgan fingerprint density at radius 3 is 1.17 bits per heavy atom. The van der Waals surface area contributed by atoms with Gasteiger partial charge in [-0.1, -0.05) is 121 Å². The summed E-state index contributed by atoms with van der Waals surface area (Å²) in [6, 6.07) is 64.8. The lowest BCUT2D eigenvalue weighted by atomic mass is 9.98. The summed E-state index contributed by atoms with van der Waals surface area (Å²) in [5.41, 5.74) is 7.00. The molecule has 0 unspecified atom stereocenters. The van der Waals surface area contributed by atoms with Crippen LogP contribution in [-0.2, 0) is 6.18 Å². The highest BCUT2D eigenvalue weighted by atomic mass is 19.4. The summed E-state index contributed by atoms with van der Waals surface area (Å²) < 4.78 is 89.3. The molecule has 0 aliphatic heterocycles. The molecule has 0 saturated heterocycles. The molecule has 0 bridgehead atoms. The molecule has 0 radical (unpaired) electrons. The Labute approximate surface area is 395 Å². The van der Waals surface area contributed by atoms with Crippen LogP contribution in [-0.4, -0.2) is 18.3 Å². The van der Waals surface area contributed by atoms with Crippen LogP contribution < -0.4 is 0 Å². The second-order valence-electron chi connectivity index (χ2n) is 17.8. The van der Waals surface area contributed by atoms with E-state index in [-0.39, 0.29) is 22.5 Å². The van der Waals surface area contributed by atoms with E-state index in [1.807, 2.05) is 180 Å². The number of para-hydroxylation sites is 6. The molecule has 4 nitrogen and oxygen atoms in total. The number of hydrogen-bond donors (Lipinski definition) is 0. The topological polar surface area (TPSA) is 19.7 Å². The second kappa shape index (κ2) is 14.8. The van der Waals surface area contributed by atoms with Crippen LogP contribution in [0.1, 0.15) is 5.56 Å². The molecule has 334 valence electrons. The fraction of sp³-hybridized carbons (Fsp3) is 0.0164. The van der Waals surface area contributed by atoms with Gasteiger partial charge in [0, 0.05) is 66.1 Å². The van der Waals surface area contributed by atoms with Crippen molar-refractivity contribution in [2.24, 2.45) is 0 Å². The highest BCUT2D eigenvalue weighted by molar-refractivity contribution is 6.28. The van der Waals surface area contributed by atoms with E-state index in [1.54, 1.807) is 4.57 Å². The monoisotopic (exact) mass is 918 g/mol. The Bertz CT molecular complexity index is 4460. The minimum atomic E-state index is -4.92. The van der Waals surface area contributed by atoms with Crippen LogP contribution in [0.25, 0.3) is 121 Å². The molecular weight excluding hydrogens is 884 g/mol. The summed E-state index contributed by atoms with van der Waals surface area (Å²) in [4.78, 5) is 0. The van der Waals surface area contributed by atoms with Gasteiger partial charge in [0.15, 0.2) is 0 Å². The molecule has 14 aromatic rings. The Morgan fingerprint density at radius 2 is 0.714 bits per heavy atom. The molecule has 10 aromatic carbocycles. The maximum Gasteiger partial charge on any atom is 0.418 e. The Hall–Kier alpha value is -8.95. The molecule has 0 aliphatic rings. The van der Waals surface area contributed by atoms with Crippen molar-refractivity contribution in [1.29, 1.82) is 0 Å². The van der Waals surface area contributed by atoms with Crippen LogP contribution in [0.5, 0.6) is 0 Å². The molecular formula is C61H35F5N4. The van der Waals surface area contributed by atoms with Crippen molar-refractivity contribution >= 4 is 87.2 Å². The first-order valence-electron chi connectivity index (χ1n) is 23.0. The zero-order chi connectivity index (χ0) is 47.0. The van der Waals surface area contributed by atoms with Gasteiger partial charge in [-0.15, -0.1) is 0 Å². The summed E-state index contributed by atoms with van der Waals surface area (Å²) in [5.74, 6) is -1.71. The summed E-state index contributed by atoms with van der Waals surface area (Å²) in [5, 5.41) is 6.48. The third-order valence-corrected chi connectivity index (χ3v) is 14.0. The van der Waals surface area contributed by atoms with E-state index in [0.29, 0.717) is 22.1 Å². The fourth-order valence-corrected chi connectivity index (χ4v) is 11.3. The third-order valence-electron chi connectivity index (χ3n) is 14.0. The van der Waals surface area contributed by atoms with E-state index >= 15 is 22.0 Å². The van der Waals surface area contributed by atoms with E-state index in [9.17, 15) is 0 Å². The maximum absolute atomic E-state index is 16.6. The van der Waals surface area contributed by atoms with Gasteiger partial charge in [0.1, 0.15) is 11.6 Å². The molecule has 0 spiro atoms. The Morgan fingerprint density at radius 1 is 0.314 bits per heavy atom. The minimum absolute atomic E-state index is 0.0823. The van der Waals surface area contributed by atoms with Gasteiger partial charge in [-0.2, -0.15) is 13.2 Å². The van der Waals surface area contributed by atoms with Gasteiger partial charge < -0.3 is 18.3 Å². The molecule has 4 aromatic heterocycles. The summed E-state index contributed by atoms with van der Waals surface area (Å²) >= 11 is 0. The van der Waals surface area contributed by atoms with Crippen LogP contribution in [0.15, 0.2) is 212 Å². The quantitative estimate of drug-likeness (QED) is 0.153. The predicted molar refractivity (Wildman–Crippen MR) is 274 cm³/mol.